The number of dihydropyridines is 1. The third-order valence-corrected chi connectivity index (χ3v) is 3.15. The summed E-state index contributed by atoms with van der Waals surface area (Å²) in [6, 6.07) is 2.02. The smallest absolute Gasteiger partial charge is 0.132 e. The fourth-order valence-corrected chi connectivity index (χ4v) is 2.21. The Balaban J connectivity index is 2.25. The summed E-state index contributed by atoms with van der Waals surface area (Å²) in [5, 5.41) is 12.3. The van der Waals surface area contributed by atoms with Crippen LogP contribution in [-0.2, 0) is 0 Å². The number of hydrogen-bond donors (Lipinski definition) is 1. The SMILES string of the molecule is N#CC1=C(Cl)C=C(C2=CC=CC(Cl)C2)CN1. The number of nitrogens with one attached hydrogen (secondary N) is 1. The van der Waals surface area contributed by atoms with E-state index in [2.05, 4.69) is 5.32 Å². The lowest BCUT2D eigenvalue weighted by Gasteiger charge is -2.20. The summed E-state index contributed by atoms with van der Waals surface area (Å²) < 4.78 is 0. The molecule has 2 nitrogen and oxygen atoms in total. The van der Waals surface area contributed by atoms with E-state index in [1.54, 1.807) is 0 Å². The summed E-state index contributed by atoms with van der Waals surface area (Å²) in [7, 11) is 0. The van der Waals surface area contributed by atoms with Gasteiger partial charge in [0.05, 0.1) is 10.4 Å². The van der Waals surface area contributed by atoms with Crippen molar-refractivity contribution >= 4 is 23.2 Å². The molecule has 0 aromatic rings. The van der Waals surface area contributed by atoms with Gasteiger partial charge in [-0.25, -0.2) is 0 Å². The van der Waals surface area contributed by atoms with E-state index in [0.717, 1.165) is 12.0 Å². The summed E-state index contributed by atoms with van der Waals surface area (Å²) in [5.74, 6) is 0. The van der Waals surface area contributed by atoms with Gasteiger partial charge >= 0.3 is 0 Å². The highest BCUT2D eigenvalue weighted by Crippen LogP contribution is 2.27. The summed E-state index contributed by atoms with van der Waals surface area (Å²) >= 11 is 12.0. The third kappa shape index (κ3) is 2.32. The van der Waals surface area contributed by atoms with E-state index >= 15 is 0 Å². The van der Waals surface area contributed by atoms with E-state index < -0.39 is 0 Å². The van der Waals surface area contributed by atoms with Gasteiger partial charge < -0.3 is 5.32 Å². The maximum atomic E-state index is 8.77. The van der Waals surface area contributed by atoms with Gasteiger partial charge in [-0.2, -0.15) is 5.26 Å². The highest BCUT2D eigenvalue weighted by molar-refractivity contribution is 6.32. The van der Waals surface area contributed by atoms with Gasteiger partial charge in [-0.1, -0.05) is 29.8 Å². The molecule has 0 amide bonds. The number of hydrogen-bond acceptors (Lipinski definition) is 2. The topological polar surface area (TPSA) is 35.8 Å². The first-order chi connectivity index (χ1) is 7.70. The largest absolute Gasteiger partial charge is 0.371 e. The van der Waals surface area contributed by atoms with Crippen molar-refractivity contribution in [2.24, 2.45) is 0 Å². The van der Waals surface area contributed by atoms with Crippen molar-refractivity contribution in [3.63, 3.8) is 0 Å². The maximum absolute atomic E-state index is 8.77. The van der Waals surface area contributed by atoms with E-state index in [4.69, 9.17) is 28.5 Å². The van der Waals surface area contributed by atoms with Crippen LogP contribution in [0.4, 0.5) is 0 Å². The fraction of sp³-hybridized carbons (Fsp3) is 0.250. The molecule has 2 aliphatic rings. The minimum Gasteiger partial charge on any atom is -0.371 e. The first kappa shape index (κ1) is 11.3. The van der Waals surface area contributed by atoms with Crippen LogP contribution < -0.4 is 5.32 Å². The van der Waals surface area contributed by atoms with Gasteiger partial charge in [0.15, 0.2) is 0 Å². The van der Waals surface area contributed by atoms with Crippen LogP contribution in [0, 0.1) is 11.3 Å². The Labute approximate surface area is 105 Å². The minimum atomic E-state index is 0.0426. The zero-order valence-electron chi connectivity index (χ0n) is 8.50. The van der Waals surface area contributed by atoms with Crippen LogP contribution in [0.3, 0.4) is 0 Å². The molecule has 1 aliphatic heterocycles. The molecule has 0 radical (unpaired) electrons. The molecule has 0 aromatic carbocycles. The van der Waals surface area contributed by atoms with Crippen LogP contribution in [0.2, 0.25) is 0 Å². The molecule has 16 heavy (non-hydrogen) atoms. The monoisotopic (exact) mass is 252 g/mol. The number of rotatable bonds is 1. The van der Waals surface area contributed by atoms with Crippen LogP contribution >= 0.6 is 23.2 Å². The zero-order chi connectivity index (χ0) is 11.5. The van der Waals surface area contributed by atoms with Crippen molar-refractivity contribution in [2.45, 2.75) is 11.8 Å². The molecule has 0 spiro atoms. The van der Waals surface area contributed by atoms with Crippen molar-refractivity contribution in [2.75, 3.05) is 6.54 Å². The molecule has 4 heteroatoms. The lowest BCUT2D eigenvalue weighted by atomic mass is 9.95. The van der Waals surface area contributed by atoms with Gasteiger partial charge in [0, 0.05) is 6.54 Å². The number of allylic oxidation sites excluding steroid dienone is 6. The molecule has 1 aliphatic carbocycles. The summed E-state index contributed by atoms with van der Waals surface area (Å²) in [5.41, 5.74) is 2.70. The average molecular weight is 253 g/mol. The second-order valence-corrected chi connectivity index (χ2v) is 4.62. The van der Waals surface area contributed by atoms with Gasteiger partial charge in [0.25, 0.3) is 0 Å². The number of nitriles is 1. The molecule has 1 N–H and O–H groups in total. The van der Waals surface area contributed by atoms with Crippen LogP contribution in [-0.4, -0.2) is 11.9 Å². The molecule has 1 atom stereocenters. The van der Waals surface area contributed by atoms with Crippen molar-refractivity contribution in [3.05, 3.63) is 46.2 Å². The highest BCUT2D eigenvalue weighted by Gasteiger charge is 2.17. The molecule has 0 saturated heterocycles. The predicted molar refractivity (Wildman–Crippen MR) is 66.1 cm³/mol. The maximum Gasteiger partial charge on any atom is 0.132 e. The Bertz CT molecular complexity index is 464. The quantitative estimate of drug-likeness (QED) is 0.729. The van der Waals surface area contributed by atoms with Gasteiger partial charge in [-0.15, -0.1) is 11.6 Å². The van der Waals surface area contributed by atoms with E-state index in [-0.39, 0.29) is 5.38 Å². The molecular formula is C12H10Cl2N2. The van der Waals surface area contributed by atoms with Crippen LogP contribution in [0.25, 0.3) is 0 Å². The molecule has 1 heterocycles. The fourth-order valence-electron chi connectivity index (χ4n) is 1.72. The van der Waals surface area contributed by atoms with Crippen molar-refractivity contribution in [1.82, 2.24) is 5.32 Å². The Kier molecular flexibility index (Phi) is 3.38. The Morgan fingerprint density at radius 2 is 2.25 bits per heavy atom. The normalized spacial score (nSPS) is 24.4. The predicted octanol–water partition coefficient (Wildman–Crippen LogP) is 2.98. The lowest BCUT2D eigenvalue weighted by molar-refractivity contribution is 0.855. The zero-order valence-corrected chi connectivity index (χ0v) is 10.0. The van der Waals surface area contributed by atoms with Gasteiger partial charge in [-0.05, 0) is 23.6 Å². The molecule has 1 unspecified atom stereocenters. The van der Waals surface area contributed by atoms with Crippen LogP contribution in [0.15, 0.2) is 46.2 Å². The summed E-state index contributed by atoms with van der Waals surface area (Å²) in [4.78, 5) is 0. The van der Waals surface area contributed by atoms with Crippen molar-refractivity contribution in [1.29, 1.82) is 5.26 Å². The Morgan fingerprint density at radius 3 is 2.88 bits per heavy atom. The molecule has 0 saturated carbocycles. The minimum absolute atomic E-state index is 0.0426. The molecular weight excluding hydrogens is 243 g/mol. The molecule has 0 aromatic heterocycles. The van der Waals surface area contributed by atoms with E-state index in [1.165, 1.54) is 5.57 Å². The van der Waals surface area contributed by atoms with Gasteiger partial charge in [0.1, 0.15) is 11.8 Å². The van der Waals surface area contributed by atoms with Crippen molar-refractivity contribution in [3.8, 4) is 6.07 Å². The second kappa shape index (κ2) is 4.78. The Hall–Kier alpha value is -1.17. The molecule has 2 rings (SSSR count). The van der Waals surface area contributed by atoms with Gasteiger partial charge in [-0.3, -0.25) is 0 Å². The third-order valence-electron chi connectivity index (χ3n) is 2.55. The standard InChI is InChI=1S/C12H10Cl2N2/c13-10-3-1-2-8(4-10)9-5-11(14)12(6-15)16-7-9/h1-3,5,10,16H,4,7H2. The van der Waals surface area contributed by atoms with E-state index in [9.17, 15) is 0 Å². The lowest BCUT2D eigenvalue weighted by Crippen LogP contribution is -2.22. The molecule has 0 bridgehead atoms. The second-order valence-electron chi connectivity index (χ2n) is 3.65. The van der Waals surface area contributed by atoms with Crippen LogP contribution in [0.1, 0.15) is 6.42 Å². The number of nitrogens with zero attached hydrogens (tertiary/aromatic N) is 1. The first-order valence-electron chi connectivity index (χ1n) is 4.97. The highest BCUT2D eigenvalue weighted by atomic mass is 35.5. The average Bonchev–Trinajstić information content (AvgIpc) is 2.29. The molecule has 82 valence electrons. The number of alkyl halides is 1. The summed E-state index contributed by atoms with van der Waals surface area (Å²) in [6.07, 6.45) is 8.59. The number of halogens is 2. The van der Waals surface area contributed by atoms with Crippen molar-refractivity contribution < 1.29 is 0 Å². The van der Waals surface area contributed by atoms with Crippen LogP contribution in [0.5, 0.6) is 0 Å². The summed E-state index contributed by atoms with van der Waals surface area (Å²) in [6.45, 7) is 0.627. The van der Waals surface area contributed by atoms with E-state index in [0.29, 0.717) is 17.3 Å². The Morgan fingerprint density at radius 1 is 1.44 bits per heavy atom. The molecule has 0 fully saturated rings. The first-order valence-corrected chi connectivity index (χ1v) is 5.78. The van der Waals surface area contributed by atoms with Gasteiger partial charge in [0.2, 0.25) is 0 Å². The van der Waals surface area contributed by atoms with E-state index in [1.807, 2.05) is 30.4 Å².